The van der Waals surface area contributed by atoms with E-state index in [4.69, 9.17) is 10.2 Å². The van der Waals surface area contributed by atoms with Crippen molar-refractivity contribution in [3.05, 3.63) is 0 Å². The van der Waals surface area contributed by atoms with Crippen LogP contribution in [-0.4, -0.2) is 49.7 Å². The van der Waals surface area contributed by atoms with Crippen LogP contribution in [0.5, 0.6) is 0 Å². The third kappa shape index (κ3) is 43.7. The Morgan fingerprint density at radius 3 is 0.615 bits per heavy atom. The summed E-state index contributed by atoms with van der Waals surface area (Å²) in [4.78, 5) is 21.1. The van der Waals surface area contributed by atoms with Crippen molar-refractivity contribution in [3.63, 3.8) is 0 Å². The van der Waals surface area contributed by atoms with E-state index in [1.54, 1.807) is 0 Å². The Morgan fingerprint density at radius 1 is 0.410 bits per heavy atom. The molecule has 0 rings (SSSR count). The summed E-state index contributed by atoms with van der Waals surface area (Å²) >= 11 is 0. The van der Waals surface area contributed by atoms with Gasteiger partial charge in [-0.2, -0.15) is 0 Å². The average Bonchev–Trinajstić information content (AvgIpc) is 2.91. The van der Waals surface area contributed by atoms with E-state index in [1.807, 2.05) is 27.7 Å². The molecule has 0 fully saturated rings. The van der Waals surface area contributed by atoms with Crippen LogP contribution in [0.2, 0.25) is 36.3 Å². The molecule has 0 heterocycles. The van der Waals surface area contributed by atoms with Gasteiger partial charge in [-0.15, -0.1) is 0 Å². The van der Waals surface area contributed by atoms with Crippen LogP contribution in [-0.2, 0) is 26.2 Å². The molecular weight excluding hydrogens is 596 g/mol. The summed E-state index contributed by atoms with van der Waals surface area (Å²) < 4.78 is 0. The number of rotatable bonds is 20. The SMILES string of the molecule is CC(C)CO.CC(C)CO.CCCC[Si](O)(CCCC)CCCC.CCCC[Si](O)(CCCC)CCCC.[Zr]. The molecule has 0 spiro atoms. The Morgan fingerprint density at radius 2 is 0.538 bits per heavy atom. The van der Waals surface area contributed by atoms with Crippen LogP contribution in [0.1, 0.15) is 146 Å². The van der Waals surface area contributed by atoms with Crippen LogP contribution >= 0.6 is 0 Å². The Hall–Kier alpha value is 1.16. The maximum Gasteiger partial charge on any atom is 0.188 e. The molecule has 0 saturated heterocycles. The zero-order chi connectivity index (χ0) is 30.3. The molecule has 0 aromatic rings. The number of hydrogen-bond donors (Lipinski definition) is 4. The summed E-state index contributed by atoms with van der Waals surface area (Å²) in [5.41, 5.74) is 0. The van der Waals surface area contributed by atoms with E-state index in [-0.39, 0.29) is 26.2 Å². The molecule has 0 amide bonds. The predicted octanol–water partition coefficient (Wildman–Crippen LogP) is 9.92. The van der Waals surface area contributed by atoms with Gasteiger partial charge in [-0.25, -0.2) is 0 Å². The van der Waals surface area contributed by atoms with E-state index < -0.39 is 16.6 Å². The second-order valence-corrected chi connectivity index (χ2v) is 20.1. The number of aliphatic hydroxyl groups excluding tert-OH is 2. The predicted molar refractivity (Wildman–Crippen MR) is 178 cm³/mol. The molecule has 0 aliphatic heterocycles. The Balaban J connectivity index is -0.000000145. The van der Waals surface area contributed by atoms with Crippen molar-refractivity contribution in [1.82, 2.24) is 0 Å². The largest absolute Gasteiger partial charge is 0.432 e. The summed E-state index contributed by atoms with van der Waals surface area (Å²) in [5.74, 6) is 0.880. The zero-order valence-corrected chi connectivity index (χ0v) is 33.0. The molecule has 7 heteroatoms. The van der Waals surface area contributed by atoms with Gasteiger partial charge in [-0.1, -0.05) is 146 Å². The monoisotopic (exact) mass is 670 g/mol. The zero-order valence-electron chi connectivity index (χ0n) is 28.6. The summed E-state index contributed by atoms with van der Waals surface area (Å²) in [7, 11) is -3.62. The van der Waals surface area contributed by atoms with Crippen LogP contribution in [0, 0.1) is 11.8 Å². The van der Waals surface area contributed by atoms with Crippen molar-refractivity contribution >= 4 is 16.6 Å². The van der Waals surface area contributed by atoms with Gasteiger partial charge in [0.15, 0.2) is 16.6 Å². The van der Waals surface area contributed by atoms with Crippen LogP contribution < -0.4 is 0 Å². The molecular formula is C32H76O4Si2Zr. The van der Waals surface area contributed by atoms with Crippen molar-refractivity contribution in [2.75, 3.05) is 13.2 Å². The van der Waals surface area contributed by atoms with Gasteiger partial charge in [-0.05, 0) is 48.1 Å². The van der Waals surface area contributed by atoms with E-state index in [0.29, 0.717) is 25.0 Å². The van der Waals surface area contributed by atoms with Crippen molar-refractivity contribution < 1.29 is 46.0 Å². The fraction of sp³-hybridized carbons (Fsp3) is 1.00. The van der Waals surface area contributed by atoms with E-state index in [9.17, 15) is 9.59 Å². The van der Waals surface area contributed by atoms with Crippen molar-refractivity contribution in [2.45, 2.75) is 183 Å². The normalized spacial score (nSPS) is 11.1. The Bertz CT molecular complexity index is 345. The standard InChI is InChI=1S/2C12H28OSi.2C4H10O.Zr/c2*1-4-7-10-14(13,11-8-5-2)12-9-6-3;2*1-4(2)3-5;/h2*13H,4-12H2,1-3H3;2*4-5H,3H2,1-2H3;. The first kappa shape index (κ1) is 49.8. The van der Waals surface area contributed by atoms with Crippen LogP contribution in [0.25, 0.3) is 0 Å². The number of hydrogen-bond acceptors (Lipinski definition) is 4. The summed E-state index contributed by atoms with van der Waals surface area (Å²) in [6, 6.07) is 6.85. The molecule has 240 valence electrons. The molecule has 0 radical (unpaired) electrons. The first-order valence-electron chi connectivity index (χ1n) is 16.6. The number of unbranched alkanes of at least 4 members (excludes halogenated alkanes) is 6. The third-order valence-electron chi connectivity index (χ3n) is 6.70. The van der Waals surface area contributed by atoms with Crippen molar-refractivity contribution in [1.29, 1.82) is 0 Å². The molecule has 0 aliphatic carbocycles. The van der Waals surface area contributed by atoms with Crippen molar-refractivity contribution in [3.8, 4) is 0 Å². The summed E-state index contributed by atoms with van der Waals surface area (Å²) in [6.07, 6.45) is 14.8. The van der Waals surface area contributed by atoms with Gasteiger partial charge in [0.25, 0.3) is 0 Å². The van der Waals surface area contributed by atoms with Crippen LogP contribution in [0.4, 0.5) is 0 Å². The Labute approximate surface area is 269 Å². The van der Waals surface area contributed by atoms with E-state index in [2.05, 4.69) is 41.5 Å². The second kappa shape index (κ2) is 37.2. The average molecular weight is 672 g/mol. The fourth-order valence-corrected chi connectivity index (χ4v) is 11.4. The van der Waals surface area contributed by atoms with E-state index in [1.165, 1.54) is 77.0 Å². The first-order valence-corrected chi connectivity index (χ1v) is 21.7. The molecule has 0 bridgehead atoms. The molecule has 0 atom stereocenters. The minimum absolute atomic E-state index is 0. The quantitative estimate of drug-likeness (QED) is 0.0972. The smallest absolute Gasteiger partial charge is 0.188 e. The molecule has 4 N–H and O–H groups in total. The summed E-state index contributed by atoms with van der Waals surface area (Å²) in [6.45, 7) is 21.8. The van der Waals surface area contributed by atoms with Crippen LogP contribution in [0.3, 0.4) is 0 Å². The molecule has 0 saturated carbocycles. The molecule has 0 unspecified atom stereocenters. The van der Waals surface area contributed by atoms with Gasteiger partial charge in [0, 0.05) is 39.4 Å². The first-order chi connectivity index (χ1) is 17.9. The minimum atomic E-state index is -1.81. The molecule has 0 aliphatic rings. The van der Waals surface area contributed by atoms with E-state index in [0.717, 1.165) is 36.3 Å². The maximum absolute atomic E-state index is 10.5. The molecule has 0 aromatic carbocycles. The van der Waals surface area contributed by atoms with Gasteiger partial charge in [0.2, 0.25) is 0 Å². The maximum atomic E-state index is 10.5. The van der Waals surface area contributed by atoms with Crippen LogP contribution in [0.15, 0.2) is 0 Å². The molecule has 0 aromatic heterocycles. The Kier molecular flexibility index (Phi) is 47.5. The number of aliphatic hydroxyl groups is 2. The minimum Gasteiger partial charge on any atom is -0.432 e. The van der Waals surface area contributed by atoms with Gasteiger partial charge < -0.3 is 19.8 Å². The fourth-order valence-electron chi connectivity index (χ4n) is 3.79. The second-order valence-electron chi connectivity index (χ2n) is 12.2. The molecule has 4 nitrogen and oxygen atoms in total. The van der Waals surface area contributed by atoms with Gasteiger partial charge in [0.05, 0.1) is 0 Å². The molecule has 39 heavy (non-hydrogen) atoms. The van der Waals surface area contributed by atoms with E-state index >= 15 is 0 Å². The third-order valence-corrected chi connectivity index (χ3v) is 14.4. The van der Waals surface area contributed by atoms with Crippen molar-refractivity contribution in [2.24, 2.45) is 11.8 Å². The summed E-state index contributed by atoms with van der Waals surface area (Å²) in [5, 5.41) is 16.3. The van der Waals surface area contributed by atoms with Gasteiger partial charge >= 0.3 is 0 Å². The topological polar surface area (TPSA) is 80.9 Å². The van der Waals surface area contributed by atoms with Gasteiger partial charge in [0.1, 0.15) is 0 Å². The van der Waals surface area contributed by atoms with Gasteiger partial charge in [-0.3, -0.25) is 0 Å².